The van der Waals surface area contributed by atoms with Crippen LogP contribution < -0.4 is 0 Å². The number of rotatable bonds is 5. The van der Waals surface area contributed by atoms with Crippen LogP contribution >= 0.6 is 0 Å². The molecule has 0 saturated carbocycles. The van der Waals surface area contributed by atoms with Crippen molar-refractivity contribution in [3.63, 3.8) is 0 Å². The molecular weight excluding hydrogens is 244 g/mol. The van der Waals surface area contributed by atoms with E-state index >= 15 is 0 Å². The van der Waals surface area contributed by atoms with Crippen LogP contribution in [0.3, 0.4) is 0 Å². The number of likely N-dealkylation sites (tertiary alicyclic amines) is 1. The average Bonchev–Trinajstić information content (AvgIpc) is 2.79. The first-order valence-corrected chi connectivity index (χ1v) is 7.11. The molecule has 0 spiro atoms. The first-order chi connectivity index (χ1) is 8.84. The Hall–Kier alpha value is -1.26. The molecule has 0 aromatic carbocycles. The monoisotopic (exact) mass is 270 g/mol. The molecule has 1 fully saturated rings. The Balaban J connectivity index is 2.65. The first kappa shape index (κ1) is 15.8. The van der Waals surface area contributed by atoms with E-state index in [4.69, 9.17) is 0 Å². The van der Waals surface area contributed by atoms with Gasteiger partial charge in [0.05, 0.1) is 5.41 Å². The van der Waals surface area contributed by atoms with Crippen LogP contribution in [0.1, 0.15) is 40.5 Å². The lowest BCUT2D eigenvalue weighted by Crippen LogP contribution is -2.45. The topological polar surface area (TPSA) is 60.9 Å². The van der Waals surface area contributed by atoms with E-state index in [-0.39, 0.29) is 6.03 Å². The highest BCUT2D eigenvalue weighted by molar-refractivity contribution is 5.79. The summed E-state index contributed by atoms with van der Waals surface area (Å²) in [6.07, 6.45) is 1.57. The Morgan fingerprint density at radius 1 is 1.42 bits per heavy atom. The van der Waals surface area contributed by atoms with Gasteiger partial charge in [-0.15, -0.1) is 0 Å². The van der Waals surface area contributed by atoms with E-state index in [2.05, 4.69) is 13.8 Å². The van der Waals surface area contributed by atoms with Gasteiger partial charge in [-0.25, -0.2) is 4.79 Å². The summed E-state index contributed by atoms with van der Waals surface area (Å²) in [5.41, 5.74) is -0.786. The van der Waals surface area contributed by atoms with Gasteiger partial charge < -0.3 is 14.9 Å². The van der Waals surface area contributed by atoms with Gasteiger partial charge in [-0.3, -0.25) is 4.79 Å². The van der Waals surface area contributed by atoms with Crippen molar-refractivity contribution in [2.75, 3.05) is 26.2 Å². The van der Waals surface area contributed by atoms with Crippen LogP contribution in [0.2, 0.25) is 0 Å². The third-order valence-corrected chi connectivity index (χ3v) is 4.14. The largest absolute Gasteiger partial charge is 0.481 e. The zero-order valence-electron chi connectivity index (χ0n) is 12.5. The minimum atomic E-state index is -0.812. The number of hydrogen-bond acceptors (Lipinski definition) is 2. The zero-order valence-corrected chi connectivity index (χ0v) is 12.5. The van der Waals surface area contributed by atoms with Crippen LogP contribution in [0, 0.1) is 11.3 Å². The number of carboxylic acid groups (broad SMARTS) is 1. The third kappa shape index (κ3) is 3.61. The van der Waals surface area contributed by atoms with Crippen molar-refractivity contribution >= 4 is 12.0 Å². The molecule has 1 aliphatic heterocycles. The molecule has 0 bridgehead atoms. The van der Waals surface area contributed by atoms with Crippen LogP contribution in [0.5, 0.6) is 0 Å². The van der Waals surface area contributed by atoms with E-state index in [1.807, 2.05) is 11.8 Å². The summed E-state index contributed by atoms with van der Waals surface area (Å²) in [4.78, 5) is 27.1. The molecule has 2 unspecified atom stereocenters. The highest BCUT2D eigenvalue weighted by Crippen LogP contribution is 2.30. The smallest absolute Gasteiger partial charge is 0.320 e. The highest BCUT2D eigenvalue weighted by atomic mass is 16.4. The second-order valence-corrected chi connectivity index (χ2v) is 5.87. The predicted octanol–water partition coefficient (Wildman–Crippen LogP) is 2.27. The van der Waals surface area contributed by atoms with Crippen LogP contribution in [0.15, 0.2) is 0 Å². The van der Waals surface area contributed by atoms with E-state index in [9.17, 15) is 14.7 Å². The number of urea groups is 1. The Labute approximate surface area is 115 Å². The fourth-order valence-electron chi connectivity index (χ4n) is 2.35. The SMILES string of the molecule is CCC(C)CN(CC)C(=O)N1CCC(C)(C(=O)O)C1. The Bertz CT molecular complexity index is 346. The van der Waals surface area contributed by atoms with Gasteiger partial charge >= 0.3 is 12.0 Å². The lowest BCUT2D eigenvalue weighted by molar-refractivity contribution is -0.147. The second kappa shape index (κ2) is 6.26. The number of carboxylic acids is 1. The second-order valence-electron chi connectivity index (χ2n) is 5.87. The van der Waals surface area contributed by atoms with Crippen LogP contribution in [0.4, 0.5) is 4.79 Å². The quantitative estimate of drug-likeness (QED) is 0.833. The van der Waals surface area contributed by atoms with Gasteiger partial charge in [0, 0.05) is 26.2 Å². The third-order valence-electron chi connectivity index (χ3n) is 4.14. The van der Waals surface area contributed by atoms with E-state index in [0.717, 1.165) is 13.0 Å². The molecule has 1 N–H and O–H groups in total. The van der Waals surface area contributed by atoms with Gasteiger partial charge in [-0.1, -0.05) is 20.3 Å². The summed E-state index contributed by atoms with van der Waals surface area (Å²) in [7, 11) is 0. The summed E-state index contributed by atoms with van der Waals surface area (Å²) in [5, 5.41) is 9.20. The molecule has 2 atom stereocenters. The first-order valence-electron chi connectivity index (χ1n) is 7.11. The van der Waals surface area contributed by atoms with Crippen molar-refractivity contribution in [2.24, 2.45) is 11.3 Å². The molecule has 1 rings (SSSR count). The average molecular weight is 270 g/mol. The van der Waals surface area contributed by atoms with Crippen molar-refractivity contribution in [2.45, 2.75) is 40.5 Å². The highest BCUT2D eigenvalue weighted by Gasteiger charge is 2.42. The molecular formula is C14H26N2O3. The summed E-state index contributed by atoms with van der Waals surface area (Å²) >= 11 is 0. The molecule has 5 nitrogen and oxygen atoms in total. The maximum Gasteiger partial charge on any atom is 0.320 e. The minimum absolute atomic E-state index is 0.0206. The van der Waals surface area contributed by atoms with Crippen molar-refractivity contribution in [1.82, 2.24) is 9.80 Å². The Kier molecular flexibility index (Phi) is 5.20. The molecule has 0 radical (unpaired) electrons. The maximum absolute atomic E-state index is 12.4. The Morgan fingerprint density at radius 2 is 2.05 bits per heavy atom. The van der Waals surface area contributed by atoms with Crippen molar-refractivity contribution < 1.29 is 14.7 Å². The fraction of sp³-hybridized carbons (Fsp3) is 0.857. The van der Waals surface area contributed by atoms with E-state index in [1.165, 1.54) is 0 Å². The molecule has 2 amide bonds. The van der Waals surface area contributed by atoms with Gasteiger partial charge in [0.1, 0.15) is 0 Å². The van der Waals surface area contributed by atoms with Crippen LogP contribution in [-0.4, -0.2) is 53.1 Å². The summed E-state index contributed by atoms with van der Waals surface area (Å²) in [6, 6.07) is -0.0206. The van der Waals surface area contributed by atoms with Gasteiger partial charge in [0.25, 0.3) is 0 Å². The molecule has 0 aromatic heterocycles. The number of aliphatic carboxylic acids is 1. The lowest BCUT2D eigenvalue weighted by Gasteiger charge is -2.29. The molecule has 1 saturated heterocycles. The normalized spacial score (nSPS) is 24.3. The predicted molar refractivity (Wildman–Crippen MR) is 74.0 cm³/mol. The number of amides is 2. The lowest BCUT2D eigenvalue weighted by atomic mass is 9.90. The van der Waals surface area contributed by atoms with Gasteiger partial charge in [0.2, 0.25) is 0 Å². The molecule has 1 heterocycles. The summed E-state index contributed by atoms with van der Waals surface area (Å²) < 4.78 is 0. The number of hydrogen-bond donors (Lipinski definition) is 1. The molecule has 1 aliphatic rings. The molecule has 0 aliphatic carbocycles. The molecule has 19 heavy (non-hydrogen) atoms. The van der Waals surface area contributed by atoms with Crippen LogP contribution in [0.25, 0.3) is 0 Å². The van der Waals surface area contributed by atoms with Crippen molar-refractivity contribution in [3.05, 3.63) is 0 Å². The Morgan fingerprint density at radius 3 is 2.47 bits per heavy atom. The van der Waals surface area contributed by atoms with Gasteiger partial charge in [-0.05, 0) is 26.2 Å². The van der Waals surface area contributed by atoms with Gasteiger partial charge in [-0.2, -0.15) is 0 Å². The molecule has 110 valence electrons. The molecule has 5 heteroatoms. The van der Waals surface area contributed by atoms with E-state index in [1.54, 1.807) is 11.8 Å². The zero-order chi connectivity index (χ0) is 14.6. The number of carbonyl (C=O) groups is 2. The van der Waals surface area contributed by atoms with Crippen molar-refractivity contribution in [3.8, 4) is 0 Å². The van der Waals surface area contributed by atoms with Gasteiger partial charge in [0.15, 0.2) is 0 Å². The van der Waals surface area contributed by atoms with Crippen LogP contribution in [-0.2, 0) is 4.79 Å². The summed E-state index contributed by atoms with van der Waals surface area (Å²) in [5.74, 6) is -0.342. The standard InChI is InChI=1S/C14H26N2O3/c1-5-11(3)9-15(6-2)13(19)16-8-7-14(4,10-16)12(17)18/h11H,5-10H2,1-4H3,(H,17,18). The maximum atomic E-state index is 12.4. The van der Waals surface area contributed by atoms with E-state index < -0.39 is 11.4 Å². The number of nitrogens with zero attached hydrogens (tertiary/aromatic N) is 2. The van der Waals surface area contributed by atoms with E-state index in [0.29, 0.717) is 32.0 Å². The molecule has 0 aromatic rings. The minimum Gasteiger partial charge on any atom is -0.481 e. The summed E-state index contributed by atoms with van der Waals surface area (Å²) in [6.45, 7) is 10.2. The number of carbonyl (C=O) groups excluding carboxylic acids is 1. The van der Waals surface area contributed by atoms with Crippen molar-refractivity contribution in [1.29, 1.82) is 0 Å². The fourth-order valence-corrected chi connectivity index (χ4v) is 2.35.